The molecule has 0 aromatic rings. The van der Waals surface area contributed by atoms with E-state index in [1.54, 1.807) is 0 Å². The van der Waals surface area contributed by atoms with Gasteiger partial charge in [0.1, 0.15) is 0 Å². The molecule has 0 fully saturated rings. The summed E-state index contributed by atoms with van der Waals surface area (Å²) in [5.74, 6) is -1.76. The van der Waals surface area contributed by atoms with Crippen LogP contribution in [0.1, 0.15) is 58.8 Å². The maximum Gasteiger partial charge on any atom is 1.00 e. The topological polar surface area (TPSA) is 66.4 Å². The SMILES string of the molecule is CC/C=C/CCCCC.COC(=O)CCC(=O)[O-].[Na+]. The van der Waals surface area contributed by atoms with Crippen molar-refractivity contribution < 1.29 is 49.0 Å². The standard InChI is InChI=1S/C9H18.C5H8O4.Na/c1-3-5-7-9-8-6-4-2;1-9-5(8)3-2-4(6)7;/h5,7H,3-4,6,8-9H2,1-2H3;2-3H2,1H3,(H,6,7);/q;;+1/p-1/b7-5+;;. The van der Waals surface area contributed by atoms with E-state index in [1.165, 1.54) is 39.2 Å². The van der Waals surface area contributed by atoms with Crippen molar-refractivity contribution in [2.75, 3.05) is 7.11 Å². The Morgan fingerprint density at radius 2 is 1.74 bits per heavy atom. The van der Waals surface area contributed by atoms with Gasteiger partial charge in [-0.05, 0) is 25.7 Å². The van der Waals surface area contributed by atoms with Crippen LogP contribution in [0.25, 0.3) is 0 Å². The molecule has 4 nitrogen and oxygen atoms in total. The van der Waals surface area contributed by atoms with Crippen molar-refractivity contribution in [2.24, 2.45) is 0 Å². The summed E-state index contributed by atoms with van der Waals surface area (Å²) in [5, 5.41) is 9.70. The first-order valence-corrected chi connectivity index (χ1v) is 6.50. The zero-order valence-electron chi connectivity index (χ0n) is 12.7. The Morgan fingerprint density at radius 1 is 1.11 bits per heavy atom. The predicted octanol–water partition coefficient (Wildman–Crippen LogP) is -0.774. The van der Waals surface area contributed by atoms with Crippen molar-refractivity contribution in [3.63, 3.8) is 0 Å². The third kappa shape index (κ3) is 27.0. The zero-order chi connectivity index (χ0) is 14.2. The smallest absolute Gasteiger partial charge is 0.550 e. The van der Waals surface area contributed by atoms with E-state index in [4.69, 9.17) is 0 Å². The molecule has 0 heterocycles. The second kappa shape index (κ2) is 20.0. The predicted molar refractivity (Wildman–Crippen MR) is 69.8 cm³/mol. The van der Waals surface area contributed by atoms with Gasteiger partial charge in [0.05, 0.1) is 13.5 Å². The number of ether oxygens (including phenoxy) is 1. The van der Waals surface area contributed by atoms with Gasteiger partial charge in [-0.2, -0.15) is 0 Å². The van der Waals surface area contributed by atoms with Gasteiger partial charge < -0.3 is 14.6 Å². The average molecular weight is 280 g/mol. The van der Waals surface area contributed by atoms with Crippen LogP contribution in [0.4, 0.5) is 0 Å². The molecule has 0 aromatic heterocycles. The van der Waals surface area contributed by atoms with Crippen LogP contribution in [0.3, 0.4) is 0 Å². The molecule has 0 aromatic carbocycles. The Bertz CT molecular complexity index is 240. The largest absolute Gasteiger partial charge is 1.00 e. The van der Waals surface area contributed by atoms with Crippen LogP contribution in [-0.4, -0.2) is 19.0 Å². The Labute approximate surface area is 138 Å². The zero-order valence-corrected chi connectivity index (χ0v) is 14.7. The van der Waals surface area contributed by atoms with Gasteiger partial charge in [0.2, 0.25) is 0 Å². The fourth-order valence-electron chi connectivity index (χ4n) is 1.10. The van der Waals surface area contributed by atoms with Gasteiger partial charge >= 0.3 is 35.5 Å². The molecule has 106 valence electrons. The van der Waals surface area contributed by atoms with E-state index >= 15 is 0 Å². The Kier molecular flexibility index (Phi) is 25.0. The van der Waals surface area contributed by atoms with Crippen molar-refractivity contribution >= 4 is 11.9 Å². The number of unbranched alkanes of at least 4 members (excludes halogenated alkanes) is 3. The molecule has 0 spiro atoms. The maximum atomic E-state index is 10.2. The quantitative estimate of drug-likeness (QED) is 0.253. The van der Waals surface area contributed by atoms with Gasteiger partial charge in [-0.15, -0.1) is 0 Å². The first-order valence-electron chi connectivity index (χ1n) is 6.50. The number of allylic oxidation sites excluding steroid dienone is 2. The molecule has 19 heavy (non-hydrogen) atoms. The number of aliphatic carboxylic acids is 1. The molecule has 0 aliphatic carbocycles. The average Bonchev–Trinajstić information content (AvgIpc) is 2.36. The number of methoxy groups -OCH3 is 1. The van der Waals surface area contributed by atoms with E-state index in [1.807, 2.05) is 0 Å². The molecular formula is C14H25NaO4. The number of rotatable bonds is 8. The number of hydrogen-bond donors (Lipinski definition) is 0. The van der Waals surface area contributed by atoms with Gasteiger partial charge in [0, 0.05) is 5.97 Å². The monoisotopic (exact) mass is 280 g/mol. The van der Waals surface area contributed by atoms with E-state index in [0.29, 0.717) is 0 Å². The maximum absolute atomic E-state index is 10.2. The van der Waals surface area contributed by atoms with Crippen LogP contribution in [0.15, 0.2) is 12.2 Å². The minimum absolute atomic E-state index is 0. The summed E-state index contributed by atoms with van der Waals surface area (Å²) in [5.41, 5.74) is 0. The molecule has 0 radical (unpaired) electrons. The normalized spacial score (nSPS) is 9.21. The summed E-state index contributed by atoms with van der Waals surface area (Å²) in [6, 6.07) is 0. The van der Waals surface area contributed by atoms with E-state index in [2.05, 4.69) is 30.7 Å². The van der Waals surface area contributed by atoms with Crippen molar-refractivity contribution in [3.05, 3.63) is 12.2 Å². The Balaban J connectivity index is -0.000000256. The first-order chi connectivity index (χ1) is 8.58. The van der Waals surface area contributed by atoms with E-state index in [0.717, 1.165) is 0 Å². The molecule has 5 heteroatoms. The second-order valence-corrected chi connectivity index (χ2v) is 3.82. The molecule has 0 N–H and O–H groups in total. The molecule has 0 aliphatic heterocycles. The summed E-state index contributed by atoms with van der Waals surface area (Å²) in [6.07, 6.45) is 10.7. The minimum atomic E-state index is -1.24. The summed E-state index contributed by atoms with van der Waals surface area (Å²) in [6.45, 7) is 4.42. The molecule has 0 unspecified atom stereocenters. The van der Waals surface area contributed by atoms with Gasteiger partial charge in [0.25, 0.3) is 0 Å². The molecule has 0 saturated heterocycles. The van der Waals surface area contributed by atoms with Crippen LogP contribution in [0, 0.1) is 0 Å². The molecule has 0 bridgehead atoms. The number of carboxylic acids is 1. The fraction of sp³-hybridized carbons (Fsp3) is 0.714. The summed E-state index contributed by atoms with van der Waals surface area (Å²) >= 11 is 0. The summed E-state index contributed by atoms with van der Waals surface area (Å²) in [7, 11) is 1.21. The van der Waals surface area contributed by atoms with Crippen molar-refractivity contribution in [3.8, 4) is 0 Å². The van der Waals surface area contributed by atoms with Crippen LogP contribution in [-0.2, 0) is 14.3 Å². The summed E-state index contributed by atoms with van der Waals surface area (Å²) < 4.78 is 4.17. The van der Waals surface area contributed by atoms with Gasteiger partial charge in [-0.25, -0.2) is 0 Å². The Morgan fingerprint density at radius 3 is 2.16 bits per heavy atom. The first kappa shape index (κ1) is 23.7. The van der Waals surface area contributed by atoms with Crippen molar-refractivity contribution in [1.82, 2.24) is 0 Å². The number of carbonyl (C=O) groups is 2. The molecule has 0 rings (SSSR count). The number of carbonyl (C=O) groups excluding carboxylic acids is 2. The molecule has 0 atom stereocenters. The van der Waals surface area contributed by atoms with E-state index < -0.39 is 11.9 Å². The van der Waals surface area contributed by atoms with Gasteiger partial charge in [-0.3, -0.25) is 4.79 Å². The molecule has 0 aliphatic rings. The Hall–Kier alpha value is -0.320. The number of carboxylic acid groups (broad SMARTS) is 1. The minimum Gasteiger partial charge on any atom is -0.550 e. The van der Waals surface area contributed by atoms with E-state index in [-0.39, 0.29) is 42.4 Å². The molecule has 0 saturated carbocycles. The molecular weight excluding hydrogens is 255 g/mol. The third-order valence-corrected chi connectivity index (χ3v) is 2.14. The van der Waals surface area contributed by atoms with E-state index in [9.17, 15) is 14.7 Å². The second-order valence-electron chi connectivity index (χ2n) is 3.82. The van der Waals surface area contributed by atoms with Crippen LogP contribution >= 0.6 is 0 Å². The van der Waals surface area contributed by atoms with Gasteiger partial charge in [0.15, 0.2) is 0 Å². The van der Waals surface area contributed by atoms with Crippen LogP contribution in [0.5, 0.6) is 0 Å². The van der Waals surface area contributed by atoms with Crippen molar-refractivity contribution in [1.29, 1.82) is 0 Å². The number of esters is 1. The fourth-order valence-corrected chi connectivity index (χ4v) is 1.10. The van der Waals surface area contributed by atoms with Crippen molar-refractivity contribution in [2.45, 2.75) is 58.8 Å². The van der Waals surface area contributed by atoms with Crippen LogP contribution < -0.4 is 34.7 Å². The summed E-state index contributed by atoms with van der Waals surface area (Å²) in [4.78, 5) is 19.9. The third-order valence-electron chi connectivity index (χ3n) is 2.14. The van der Waals surface area contributed by atoms with Crippen LogP contribution in [0.2, 0.25) is 0 Å². The van der Waals surface area contributed by atoms with Gasteiger partial charge in [-0.1, -0.05) is 38.8 Å². The number of hydrogen-bond acceptors (Lipinski definition) is 4. The molecule has 0 amide bonds.